The molecule has 1 heterocycles. The predicted octanol–water partition coefficient (Wildman–Crippen LogP) is 5.14. The van der Waals surface area contributed by atoms with Gasteiger partial charge in [0.05, 0.1) is 16.1 Å². The normalized spacial score (nSPS) is 12.0. The minimum absolute atomic E-state index is 0.135. The molecule has 1 unspecified atom stereocenters. The minimum Gasteiger partial charge on any atom is -0.355 e. The molecule has 4 nitrogen and oxygen atoms in total. The van der Waals surface area contributed by atoms with Gasteiger partial charge in [0.1, 0.15) is 0 Å². The van der Waals surface area contributed by atoms with Gasteiger partial charge in [0.25, 0.3) is 5.91 Å². The van der Waals surface area contributed by atoms with E-state index in [4.69, 9.17) is 27.7 Å². The Bertz CT molecular complexity index is 862. The zero-order valence-corrected chi connectivity index (χ0v) is 14.3. The first-order chi connectivity index (χ1) is 11.5. The summed E-state index contributed by atoms with van der Waals surface area (Å²) in [7, 11) is 0. The van der Waals surface area contributed by atoms with Crippen molar-refractivity contribution in [2.75, 3.05) is 0 Å². The van der Waals surface area contributed by atoms with Crippen molar-refractivity contribution in [2.45, 2.75) is 13.0 Å². The summed E-state index contributed by atoms with van der Waals surface area (Å²) < 4.78 is 5.24. The Balaban J connectivity index is 1.75. The van der Waals surface area contributed by atoms with E-state index in [0.29, 0.717) is 21.4 Å². The molecule has 6 heteroatoms. The molecule has 0 fully saturated rings. The van der Waals surface area contributed by atoms with Gasteiger partial charge in [0, 0.05) is 11.6 Å². The van der Waals surface area contributed by atoms with Crippen LogP contribution in [0.4, 0.5) is 0 Å². The maximum atomic E-state index is 12.3. The lowest BCUT2D eigenvalue weighted by molar-refractivity contribution is 0.0931. The number of amides is 1. The Morgan fingerprint density at radius 2 is 1.83 bits per heavy atom. The van der Waals surface area contributed by atoms with Gasteiger partial charge in [-0.15, -0.1) is 0 Å². The van der Waals surface area contributed by atoms with Crippen molar-refractivity contribution in [1.82, 2.24) is 10.5 Å². The number of benzene rings is 2. The van der Waals surface area contributed by atoms with Crippen molar-refractivity contribution in [3.05, 3.63) is 75.9 Å². The number of aromatic nitrogens is 1. The molecule has 1 N–H and O–H groups in total. The molecule has 1 aromatic heterocycles. The van der Waals surface area contributed by atoms with E-state index in [1.165, 1.54) is 0 Å². The minimum atomic E-state index is -0.304. The van der Waals surface area contributed by atoms with Gasteiger partial charge in [-0.1, -0.05) is 58.7 Å². The average molecular weight is 361 g/mol. The lowest BCUT2D eigenvalue weighted by Crippen LogP contribution is -2.26. The Morgan fingerprint density at radius 1 is 1.08 bits per heavy atom. The van der Waals surface area contributed by atoms with Crippen LogP contribution in [0.2, 0.25) is 10.0 Å². The van der Waals surface area contributed by atoms with Gasteiger partial charge in [-0.25, -0.2) is 0 Å². The summed E-state index contributed by atoms with van der Waals surface area (Å²) in [6.07, 6.45) is 0. The fraction of sp³-hybridized carbons (Fsp3) is 0.111. The molecule has 2 aromatic carbocycles. The molecule has 3 aromatic rings. The molecule has 0 aliphatic rings. The number of nitrogens with zero attached hydrogens (tertiary/aromatic N) is 1. The summed E-state index contributed by atoms with van der Waals surface area (Å²) in [6, 6.07) is 16.2. The number of halogens is 2. The Morgan fingerprint density at radius 3 is 2.54 bits per heavy atom. The second-order valence-electron chi connectivity index (χ2n) is 5.31. The van der Waals surface area contributed by atoms with E-state index >= 15 is 0 Å². The van der Waals surface area contributed by atoms with E-state index in [2.05, 4.69) is 10.5 Å². The molecule has 0 radical (unpaired) electrons. The molecule has 122 valence electrons. The molecule has 3 rings (SSSR count). The highest BCUT2D eigenvalue weighted by atomic mass is 35.5. The van der Waals surface area contributed by atoms with Crippen molar-refractivity contribution in [3.8, 4) is 11.3 Å². The van der Waals surface area contributed by atoms with Crippen LogP contribution in [-0.4, -0.2) is 11.1 Å². The number of nitrogens with one attached hydrogen (secondary N) is 1. The predicted molar refractivity (Wildman–Crippen MR) is 94.3 cm³/mol. The third-order valence-corrected chi connectivity index (χ3v) is 4.33. The SMILES string of the molecule is CC(NC(=O)c1cc(-c2ccc(Cl)c(Cl)c2)on1)c1ccccc1. The van der Waals surface area contributed by atoms with Crippen LogP contribution < -0.4 is 5.32 Å². The van der Waals surface area contributed by atoms with Crippen LogP contribution in [0.25, 0.3) is 11.3 Å². The van der Waals surface area contributed by atoms with Crippen molar-refractivity contribution in [2.24, 2.45) is 0 Å². The third kappa shape index (κ3) is 3.61. The van der Waals surface area contributed by atoms with Crippen molar-refractivity contribution in [3.63, 3.8) is 0 Å². The zero-order valence-electron chi connectivity index (χ0n) is 12.8. The first-order valence-electron chi connectivity index (χ1n) is 7.32. The number of hydrogen-bond acceptors (Lipinski definition) is 3. The van der Waals surface area contributed by atoms with E-state index in [-0.39, 0.29) is 17.6 Å². The largest absolute Gasteiger partial charge is 0.355 e. The van der Waals surface area contributed by atoms with E-state index in [1.807, 2.05) is 37.3 Å². The molecule has 0 spiro atoms. The van der Waals surface area contributed by atoms with Crippen molar-refractivity contribution in [1.29, 1.82) is 0 Å². The van der Waals surface area contributed by atoms with E-state index < -0.39 is 0 Å². The van der Waals surface area contributed by atoms with E-state index in [0.717, 1.165) is 5.56 Å². The maximum absolute atomic E-state index is 12.3. The van der Waals surface area contributed by atoms with Crippen LogP contribution in [0, 0.1) is 0 Å². The Hall–Kier alpha value is -2.30. The summed E-state index contributed by atoms with van der Waals surface area (Å²) >= 11 is 11.9. The van der Waals surface area contributed by atoms with Gasteiger partial charge in [-0.3, -0.25) is 4.79 Å². The van der Waals surface area contributed by atoms with Crippen LogP contribution in [0.3, 0.4) is 0 Å². The maximum Gasteiger partial charge on any atom is 0.273 e. The molecule has 0 bridgehead atoms. The van der Waals surface area contributed by atoms with Crippen molar-refractivity contribution < 1.29 is 9.32 Å². The fourth-order valence-electron chi connectivity index (χ4n) is 2.26. The molecular formula is C18H14Cl2N2O2. The molecule has 0 aliphatic heterocycles. The first kappa shape index (κ1) is 16.6. The van der Waals surface area contributed by atoms with Crippen LogP contribution in [-0.2, 0) is 0 Å². The summed E-state index contributed by atoms with van der Waals surface area (Å²) in [6.45, 7) is 1.91. The highest BCUT2D eigenvalue weighted by molar-refractivity contribution is 6.42. The zero-order chi connectivity index (χ0) is 17.1. The third-order valence-electron chi connectivity index (χ3n) is 3.59. The lowest BCUT2D eigenvalue weighted by Gasteiger charge is -2.12. The number of carbonyl (C=O) groups is 1. The second kappa shape index (κ2) is 7.07. The number of rotatable bonds is 4. The van der Waals surface area contributed by atoms with Crippen LogP contribution in [0.15, 0.2) is 59.1 Å². The fourth-order valence-corrected chi connectivity index (χ4v) is 2.56. The topological polar surface area (TPSA) is 55.1 Å². The lowest BCUT2D eigenvalue weighted by atomic mass is 10.1. The summed E-state index contributed by atoms with van der Waals surface area (Å²) in [5, 5.41) is 7.58. The van der Waals surface area contributed by atoms with E-state index in [9.17, 15) is 4.79 Å². The smallest absolute Gasteiger partial charge is 0.273 e. The first-order valence-corrected chi connectivity index (χ1v) is 8.08. The van der Waals surface area contributed by atoms with Crippen LogP contribution >= 0.6 is 23.2 Å². The molecule has 0 saturated heterocycles. The van der Waals surface area contributed by atoms with Gasteiger partial charge in [-0.05, 0) is 30.7 Å². The average Bonchev–Trinajstić information content (AvgIpc) is 3.08. The van der Waals surface area contributed by atoms with Gasteiger partial charge >= 0.3 is 0 Å². The van der Waals surface area contributed by atoms with Crippen LogP contribution in [0.1, 0.15) is 29.0 Å². The molecule has 0 saturated carbocycles. The summed E-state index contributed by atoms with van der Waals surface area (Å²) in [5.41, 5.74) is 1.92. The molecule has 1 atom stereocenters. The van der Waals surface area contributed by atoms with Crippen molar-refractivity contribution >= 4 is 29.1 Å². The van der Waals surface area contributed by atoms with Crippen LogP contribution in [0.5, 0.6) is 0 Å². The van der Waals surface area contributed by atoms with Gasteiger partial charge in [0.2, 0.25) is 0 Å². The molecule has 24 heavy (non-hydrogen) atoms. The Labute approximate surface area is 149 Å². The summed E-state index contributed by atoms with van der Waals surface area (Å²) in [4.78, 5) is 12.3. The highest BCUT2D eigenvalue weighted by Gasteiger charge is 2.17. The molecule has 1 amide bonds. The molecular weight excluding hydrogens is 347 g/mol. The second-order valence-corrected chi connectivity index (χ2v) is 6.13. The van der Waals surface area contributed by atoms with Gasteiger partial charge in [-0.2, -0.15) is 0 Å². The standard InChI is InChI=1S/C18H14Cl2N2O2/c1-11(12-5-3-2-4-6-12)21-18(23)16-10-17(24-22-16)13-7-8-14(19)15(20)9-13/h2-11H,1H3,(H,21,23). The molecule has 0 aliphatic carbocycles. The Kier molecular flexibility index (Phi) is 4.88. The highest BCUT2D eigenvalue weighted by Crippen LogP contribution is 2.29. The number of hydrogen-bond donors (Lipinski definition) is 1. The van der Waals surface area contributed by atoms with Gasteiger partial charge < -0.3 is 9.84 Å². The summed E-state index contributed by atoms with van der Waals surface area (Å²) in [5.74, 6) is 0.146. The number of carbonyl (C=O) groups excluding carboxylic acids is 1. The quantitative estimate of drug-likeness (QED) is 0.700. The monoisotopic (exact) mass is 360 g/mol. The van der Waals surface area contributed by atoms with E-state index in [1.54, 1.807) is 24.3 Å². The van der Waals surface area contributed by atoms with Gasteiger partial charge in [0.15, 0.2) is 11.5 Å².